The summed E-state index contributed by atoms with van der Waals surface area (Å²) in [5, 5.41) is 6.78. The van der Waals surface area contributed by atoms with E-state index in [4.69, 9.17) is 4.98 Å². The summed E-state index contributed by atoms with van der Waals surface area (Å²) in [5.41, 5.74) is 4.04. The lowest BCUT2D eigenvalue weighted by Gasteiger charge is -2.14. The van der Waals surface area contributed by atoms with Crippen LogP contribution in [0, 0.1) is 6.92 Å². The van der Waals surface area contributed by atoms with Crippen LogP contribution in [-0.2, 0) is 17.9 Å². The molecule has 4 rings (SSSR count). The number of benzene rings is 3. The highest BCUT2D eigenvalue weighted by Crippen LogP contribution is 2.19. The molecule has 2 N–H and O–H groups in total. The van der Waals surface area contributed by atoms with Crippen molar-refractivity contribution in [2.45, 2.75) is 38.5 Å². The van der Waals surface area contributed by atoms with Crippen molar-refractivity contribution in [2.75, 3.05) is 12.3 Å². The van der Waals surface area contributed by atoms with Crippen LogP contribution in [-0.4, -0.2) is 33.7 Å². The zero-order chi connectivity index (χ0) is 26.2. The molecule has 7 nitrogen and oxygen atoms in total. The molecule has 0 aliphatic rings. The van der Waals surface area contributed by atoms with Crippen molar-refractivity contribution in [1.82, 2.24) is 20.2 Å². The van der Waals surface area contributed by atoms with Crippen LogP contribution < -0.4 is 16.2 Å². The zero-order valence-corrected chi connectivity index (χ0v) is 21.8. The minimum Gasteiger partial charge on any atom is -0.352 e. The summed E-state index contributed by atoms with van der Waals surface area (Å²) in [6.07, 6.45) is 0.867. The van der Waals surface area contributed by atoms with Crippen molar-refractivity contribution in [3.05, 3.63) is 105 Å². The Labute approximate surface area is 220 Å². The van der Waals surface area contributed by atoms with Gasteiger partial charge in [-0.3, -0.25) is 19.0 Å². The number of hydrogen-bond acceptors (Lipinski definition) is 5. The molecule has 0 bridgehead atoms. The van der Waals surface area contributed by atoms with Crippen LogP contribution in [0.1, 0.15) is 40.4 Å². The second kappa shape index (κ2) is 12.4. The number of nitrogens with one attached hydrogen (secondary N) is 2. The molecular formula is C29H30N4O3S. The van der Waals surface area contributed by atoms with E-state index < -0.39 is 0 Å². The summed E-state index contributed by atoms with van der Waals surface area (Å²) in [7, 11) is 0. The lowest BCUT2D eigenvalue weighted by Crippen LogP contribution is -2.27. The minimum atomic E-state index is -0.169. The molecule has 190 valence electrons. The van der Waals surface area contributed by atoms with Gasteiger partial charge in [0.1, 0.15) is 0 Å². The van der Waals surface area contributed by atoms with Gasteiger partial charge in [-0.1, -0.05) is 72.8 Å². The van der Waals surface area contributed by atoms with Gasteiger partial charge in [0.25, 0.3) is 11.5 Å². The lowest BCUT2D eigenvalue weighted by molar-refractivity contribution is -0.118. The van der Waals surface area contributed by atoms with Crippen molar-refractivity contribution in [3.63, 3.8) is 0 Å². The molecule has 0 saturated carbocycles. The molecule has 0 fully saturated rings. The van der Waals surface area contributed by atoms with E-state index in [2.05, 4.69) is 10.6 Å². The SMILES string of the molecule is CCCNC(=O)c1ccc(Cn2c(SCC(=O)NCc3ccc(C)cc3)nc3ccccc3c2=O)cc1. The summed E-state index contributed by atoms with van der Waals surface area (Å²) in [6.45, 7) is 5.37. The molecule has 1 aromatic heterocycles. The van der Waals surface area contributed by atoms with Crippen molar-refractivity contribution in [2.24, 2.45) is 0 Å². The number of aryl methyl sites for hydroxylation is 1. The smallest absolute Gasteiger partial charge is 0.262 e. The molecule has 4 aromatic rings. The molecule has 0 unspecified atom stereocenters. The van der Waals surface area contributed by atoms with E-state index in [1.807, 2.05) is 62.4 Å². The van der Waals surface area contributed by atoms with E-state index >= 15 is 0 Å². The van der Waals surface area contributed by atoms with Gasteiger partial charge in [0.2, 0.25) is 5.91 Å². The Balaban J connectivity index is 1.51. The Morgan fingerprint density at radius 2 is 1.62 bits per heavy atom. The molecule has 3 aromatic carbocycles. The van der Waals surface area contributed by atoms with Gasteiger partial charge < -0.3 is 10.6 Å². The number of nitrogens with zero attached hydrogens (tertiary/aromatic N) is 2. The first kappa shape index (κ1) is 26.2. The number of para-hydroxylation sites is 1. The van der Waals surface area contributed by atoms with Crippen LogP contribution in [0.3, 0.4) is 0 Å². The molecule has 8 heteroatoms. The molecule has 1 heterocycles. The minimum absolute atomic E-state index is 0.120. The van der Waals surface area contributed by atoms with Gasteiger partial charge in [0, 0.05) is 18.7 Å². The second-order valence-corrected chi connectivity index (χ2v) is 9.75. The van der Waals surface area contributed by atoms with Crippen LogP contribution in [0.4, 0.5) is 0 Å². The van der Waals surface area contributed by atoms with Gasteiger partial charge in [0.05, 0.1) is 23.2 Å². The zero-order valence-electron chi connectivity index (χ0n) is 21.0. The van der Waals surface area contributed by atoms with Crippen molar-refractivity contribution < 1.29 is 9.59 Å². The number of amides is 2. The molecule has 37 heavy (non-hydrogen) atoms. The summed E-state index contributed by atoms with van der Waals surface area (Å²) in [4.78, 5) is 42.9. The molecule has 0 saturated heterocycles. The maximum atomic E-state index is 13.4. The second-order valence-electron chi connectivity index (χ2n) is 8.81. The van der Waals surface area contributed by atoms with Gasteiger partial charge in [-0.15, -0.1) is 0 Å². The molecule has 0 radical (unpaired) electrons. The van der Waals surface area contributed by atoms with Crippen LogP contribution in [0.25, 0.3) is 10.9 Å². The standard InChI is InChI=1S/C29H30N4O3S/c1-3-16-30-27(35)23-14-12-22(13-15-23)18-33-28(36)24-6-4-5-7-25(24)32-29(33)37-19-26(34)31-17-21-10-8-20(2)9-11-21/h4-15H,3,16-19H2,1-2H3,(H,30,35)(H,31,34). The summed E-state index contributed by atoms with van der Waals surface area (Å²) < 4.78 is 1.59. The Hall–Kier alpha value is -3.91. The predicted octanol–water partition coefficient (Wildman–Crippen LogP) is 4.30. The molecule has 0 atom stereocenters. The van der Waals surface area contributed by atoms with Gasteiger partial charge in [-0.25, -0.2) is 4.98 Å². The Kier molecular flexibility index (Phi) is 8.74. The highest BCUT2D eigenvalue weighted by Gasteiger charge is 2.14. The molecule has 0 spiro atoms. The van der Waals surface area contributed by atoms with Crippen LogP contribution >= 0.6 is 11.8 Å². The van der Waals surface area contributed by atoms with Gasteiger partial charge in [-0.05, 0) is 48.7 Å². The van der Waals surface area contributed by atoms with Gasteiger partial charge >= 0.3 is 0 Å². The number of fused-ring (bicyclic) bond motifs is 1. The largest absolute Gasteiger partial charge is 0.352 e. The lowest BCUT2D eigenvalue weighted by atomic mass is 10.1. The fourth-order valence-electron chi connectivity index (χ4n) is 3.77. The van der Waals surface area contributed by atoms with Gasteiger partial charge in [0.15, 0.2) is 5.16 Å². The number of carbonyl (C=O) groups excluding carboxylic acids is 2. The van der Waals surface area contributed by atoms with Crippen molar-refractivity contribution in [3.8, 4) is 0 Å². The number of aromatic nitrogens is 2. The monoisotopic (exact) mass is 514 g/mol. The van der Waals surface area contributed by atoms with E-state index in [1.165, 1.54) is 17.3 Å². The van der Waals surface area contributed by atoms with E-state index in [0.29, 0.717) is 34.7 Å². The van der Waals surface area contributed by atoms with Crippen LogP contribution in [0.5, 0.6) is 0 Å². The number of carbonyl (C=O) groups is 2. The van der Waals surface area contributed by atoms with Crippen LogP contribution in [0.15, 0.2) is 82.7 Å². The number of hydrogen-bond donors (Lipinski definition) is 2. The molecule has 2 amide bonds. The third kappa shape index (κ3) is 6.86. The third-order valence-corrected chi connectivity index (χ3v) is 6.84. The summed E-state index contributed by atoms with van der Waals surface area (Å²) >= 11 is 1.23. The Morgan fingerprint density at radius 1 is 0.919 bits per heavy atom. The summed E-state index contributed by atoms with van der Waals surface area (Å²) in [5.74, 6) is -0.125. The first-order valence-electron chi connectivity index (χ1n) is 12.3. The first-order chi connectivity index (χ1) is 17.9. The summed E-state index contributed by atoms with van der Waals surface area (Å²) in [6, 6.07) is 22.4. The fraction of sp³-hybridized carbons (Fsp3) is 0.241. The Morgan fingerprint density at radius 3 is 2.35 bits per heavy atom. The quantitative estimate of drug-likeness (QED) is 0.243. The first-order valence-corrected chi connectivity index (χ1v) is 13.2. The van der Waals surface area contributed by atoms with Gasteiger partial charge in [-0.2, -0.15) is 0 Å². The average Bonchev–Trinajstić information content (AvgIpc) is 2.92. The normalized spacial score (nSPS) is 10.9. The average molecular weight is 515 g/mol. The van der Waals surface area contributed by atoms with Crippen molar-refractivity contribution in [1.29, 1.82) is 0 Å². The maximum Gasteiger partial charge on any atom is 0.262 e. The molecular weight excluding hydrogens is 484 g/mol. The molecule has 0 aliphatic carbocycles. The van der Waals surface area contributed by atoms with Crippen molar-refractivity contribution >= 4 is 34.5 Å². The van der Waals surface area contributed by atoms with E-state index in [0.717, 1.165) is 17.5 Å². The van der Waals surface area contributed by atoms with E-state index in [-0.39, 0.29) is 29.7 Å². The topological polar surface area (TPSA) is 93.1 Å². The number of rotatable bonds is 10. The molecule has 0 aliphatic heterocycles. The predicted molar refractivity (Wildman–Crippen MR) is 148 cm³/mol. The van der Waals surface area contributed by atoms with Crippen LogP contribution in [0.2, 0.25) is 0 Å². The highest BCUT2D eigenvalue weighted by atomic mass is 32.2. The highest BCUT2D eigenvalue weighted by molar-refractivity contribution is 7.99. The fourth-order valence-corrected chi connectivity index (χ4v) is 4.60. The Bertz CT molecular complexity index is 1450. The number of thioether (sulfide) groups is 1. The van der Waals surface area contributed by atoms with E-state index in [1.54, 1.807) is 28.8 Å². The maximum absolute atomic E-state index is 13.4. The van der Waals surface area contributed by atoms with E-state index in [9.17, 15) is 14.4 Å². The third-order valence-electron chi connectivity index (χ3n) is 5.86.